The van der Waals surface area contributed by atoms with Gasteiger partial charge in [-0.3, -0.25) is 14.4 Å². The van der Waals surface area contributed by atoms with Crippen LogP contribution in [0.2, 0.25) is 0 Å². The van der Waals surface area contributed by atoms with Crippen LogP contribution in [0.25, 0.3) is 0 Å². The number of nitrogens with zero attached hydrogens (tertiary/aromatic N) is 2. The van der Waals surface area contributed by atoms with E-state index in [-0.39, 0.29) is 25.0 Å². The van der Waals surface area contributed by atoms with E-state index in [1.807, 2.05) is 24.3 Å². The lowest BCUT2D eigenvalue weighted by Gasteiger charge is -2.35. The van der Waals surface area contributed by atoms with E-state index >= 15 is 0 Å². The summed E-state index contributed by atoms with van der Waals surface area (Å²) >= 11 is 0. The van der Waals surface area contributed by atoms with Crippen molar-refractivity contribution in [3.05, 3.63) is 24.3 Å². The molecular weight excluding hydrogens is 438 g/mol. The number of fused-ring (bicyclic) bond motifs is 1. The average Bonchev–Trinajstić information content (AvgIpc) is 3.48. The van der Waals surface area contributed by atoms with Crippen LogP contribution in [0.4, 0.5) is 11.4 Å². The molecule has 0 aromatic heterocycles. The van der Waals surface area contributed by atoms with Crippen LogP contribution in [-0.4, -0.2) is 77.9 Å². The summed E-state index contributed by atoms with van der Waals surface area (Å²) in [5.74, 6) is -2.70. The molecule has 186 valence electrons. The molecule has 1 aromatic carbocycles. The fourth-order valence-corrected chi connectivity index (χ4v) is 6.01. The van der Waals surface area contributed by atoms with Crippen molar-refractivity contribution in [1.82, 2.24) is 4.90 Å². The quantitative estimate of drug-likeness (QED) is 0.527. The zero-order chi connectivity index (χ0) is 24.6. The molecule has 2 bridgehead atoms. The van der Waals surface area contributed by atoms with Gasteiger partial charge in [0.25, 0.3) is 0 Å². The Morgan fingerprint density at radius 2 is 1.94 bits per heavy atom. The number of hydrogen-bond donors (Lipinski definition) is 2. The molecule has 1 spiro atoms. The van der Waals surface area contributed by atoms with Crippen molar-refractivity contribution in [3.8, 4) is 0 Å². The topological polar surface area (TPSA) is 108 Å². The number of benzene rings is 1. The van der Waals surface area contributed by atoms with Gasteiger partial charge in [0.2, 0.25) is 11.8 Å². The van der Waals surface area contributed by atoms with Crippen molar-refractivity contribution in [2.45, 2.75) is 64.3 Å². The maximum Gasteiger partial charge on any atom is 0.312 e. The molecule has 3 fully saturated rings. The number of anilines is 2. The van der Waals surface area contributed by atoms with Crippen LogP contribution in [0.3, 0.4) is 0 Å². The summed E-state index contributed by atoms with van der Waals surface area (Å²) in [5, 5.41) is 12.8. The van der Waals surface area contributed by atoms with Crippen LogP contribution in [0, 0.1) is 11.8 Å². The SMILES string of the molecule is CCOC(=O)[C@@H]1[C@H]2C(=O)N([C@H](C)CO)C(C(=O)Nc3ccc(N(CC)CC)cc3)C23CC[C@H]1O3. The van der Waals surface area contributed by atoms with Gasteiger partial charge in [0.1, 0.15) is 11.6 Å². The van der Waals surface area contributed by atoms with Crippen LogP contribution >= 0.6 is 0 Å². The van der Waals surface area contributed by atoms with Gasteiger partial charge >= 0.3 is 5.97 Å². The Morgan fingerprint density at radius 1 is 1.26 bits per heavy atom. The highest BCUT2D eigenvalue weighted by molar-refractivity contribution is 6.03. The maximum absolute atomic E-state index is 13.7. The highest BCUT2D eigenvalue weighted by atomic mass is 16.6. The number of hydrogen-bond acceptors (Lipinski definition) is 7. The van der Waals surface area contributed by atoms with Crippen molar-refractivity contribution < 1.29 is 29.0 Å². The van der Waals surface area contributed by atoms with Crippen LogP contribution in [0.5, 0.6) is 0 Å². The molecule has 0 aliphatic carbocycles. The van der Waals surface area contributed by atoms with Gasteiger partial charge in [-0.2, -0.15) is 0 Å². The van der Waals surface area contributed by atoms with E-state index in [0.717, 1.165) is 18.8 Å². The molecule has 2 amide bonds. The number of carbonyl (C=O) groups excluding carboxylic acids is 3. The van der Waals surface area contributed by atoms with Gasteiger partial charge in [0, 0.05) is 24.5 Å². The second kappa shape index (κ2) is 9.54. The minimum atomic E-state index is -1.10. The lowest BCUT2D eigenvalue weighted by Crippen LogP contribution is -2.55. The monoisotopic (exact) mass is 473 g/mol. The summed E-state index contributed by atoms with van der Waals surface area (Å²) in [6.45, 7) is 9.26. The van der Waals surface area contributed by atoms with Gasteiger partial charge in [-0.1, -0.05) is 0 Å². The van der Waals surface area contributed by atoms with Crippen molar-refractivity contribution in [2.75, 3.05) is 36.5 Å². The first-order chi connectivity index (χ1) is 16.3. The predicted octanol–water partition coefficient (Wildman–Crippen LogP) is 1.79. The number of nitrogens with one attached hydrogen (secondary N) is 1. The number of likely N-dealkylation sites (tertiary alicyclic amines) is 1. The highest BCUT2D eigenvalue weighted by Gasteiger charge is 2.75. The Balaban J connectivity index is 1.63. The van der Waals surface area contributed by atoms with Crippen molar-refractivity contribution in [1.29, 1.82) is 0 Å². The first kappa shape index (κ1) is 24.5. The van der Waals surface area contributed by atoms with E-state index in [1.54, 1.807) is 13.8 Å². The molecule has 34 heavy (non-hydrogen) atoms. The Morgan fingerprint density at radius 3 is 2.53 bits per heavy atom. The Kier molecular flexibility index (Phi) is 6.87. The summed E-state index contributed by atoms with van der Waals surface area (Å²) in [5.41, 5.74) is 0.566. The number of esters is 1. The molecule has 3 aliphatic heterocycles. The molecule has 4 rings (SSSR count). The van der Waals surface area contributed by atoms with E-state index < -0.39 is 41.6 Å². The second-order valence-electron chi connectivity index (χ2n) is 9.29. The summed E-state index contributed by atoms with van der Waals surface area (Å²) in [6.07, 6.45) is 0.636. The molecule has 2 unspecified atom stereocenters. The number of aliphatic hydroxyl groups excluding tert-OH is 1. The summed E-state index contributed by atoms with van der Waals surface area (Å²) in [4.78, 5) is 43.6. The number of ether oxygens (including phenoxy) is 2. The third-order valence-corrected chi connectivity index (χ3v) is 7.55. The third kappa shape index (κ3) is 3.75. The first-order valence-electron chi connectivity index (χ1n) is 12.3. The van der Waals surface area contributed by atoms with Crippen molar-refractivity contribution >= 4 is 29.2 Å². The van der Waals surface area contributed by atoms with E-state index in [4.69, 9.17) is 9.47 Å². The Labute approximate surface area is 200 Å². The van der Waals surface area contributed by atoms with Crippen molar-refractivity contribution in [2.24, 2.45) is 11.8 Å². The Bertz CT molecular complexity index is 933. The molecule has 0 saturated carbocycles. The van der Waals surface area contributed by atoms with Gasteiger partial charge in [-0.05, 0) is 64.8 Å². The standard InChI is InChI=1S/C25H35N3O6/c1-5-27(6-2)17-10-8-16(9-11-17)26-22(30)21-25-13-12-18(34-25)19(24(32)33-7-3)20(25)23(31)28(21)15(4)14-29/h8-11,15,18-21,29H,5-7,12-14H2,1-4H3,(H,26,30)/t15-,18-,19+,20+,21?,25?/m1/s1. The number of amides is 2. The minimum Gasteiger partial charge on any atom is -0.466 e. The van der Waals surface area contributed by atoms with Crippen LogP contribution in [0.15, 0.2) is 24.3 Å². The highest BCUT2D eigenvalue weighted by Crippen LogP contribution is 2.59. The molecule has 3 aliphatic rings. The lowest BCUT2D eigenvalue weighted by atomic mass is 9.71. The fourth-order valence-electron chi connectivity index (χ4n) is 6.01. The number of aliphatic hydroxyl groups is 1. The van der Waals surface area contributed by atoms with Crippen molar-refractivity contribution in [3.63, 3.8) is 0 Å². The van der Waals surface area contributed by atoms with Crippen LogP contribution in [0.1, 0.15) is 40.5 Å². The zero-order valence-electron chi connectivity index (χ0n) is 20.3. The number of carbonyl (C=O) groups is 3. The molecule has 2 N–H and O–H groups in total. The molecular formula is C25H35N3O6. The summed E-state index contributed by atoms with van der Waals surface area (Å²) < 4.78 is 11.5. The number of rotatable bonds is 9. The van der Waals surface area contributed by atoms with E-state index in [0.29, 0.717) is 18.5 Å². The molecule has 3 saturated heterocycles. The lowest BCUT2D eigenvalue weighted by molar-refractivity contribution is -0.155. The summed E-state index contributed by atoms with van der Waals surface area (Å²) in [6, 6.07) is 6.04. The van der Waals surface area contributed by atoms with Gasteiger partial charge in [0.15, 0.2) is 0 Å². The first-order valence-corrected chi connectivity index (χ1v) is 12.3. The fraction of sp³-hybridized carbons (Fsp3) is 0.640. The largest absolute Gasteiger partial charge is 0.466 e. The van der Waals surface area contributed by atoms with Gasteiger partial charge in [-0.15, -0.1) is 0 Å². The Hall–Kier alpha value is -2.65. The minimum absolute atomic E-state index is 0.208. The third-order valence-electron chi connectivity index (χ3n) is 7.55. The molecule has 9 heteroatoms. The smallest absolute Gasteiger partial charge is 0.312 e. The van der Waals surface area contributed by atoms with E-state index in [9.17, 15) is 19.5 Å². The molecule has 3 heterocycles. The maximum atomic E-state index is 13.7. The molecule has 0 radical (unpaired) electrons. The second-order valence-corrected chi connectivity index (χ2v) is 9.29. The molecule has 6 atom stereocenters. The van der Waals surface area contributed by atoms with Crippen LogP contribution in [-0.2, 0) is 23.9 Å². The molecule has 9 nitrogen and oxygen atoms in total. The predicted molar refractivity (Wildman–Crippen MR) is 126 cm³/mol. The zero-order valence-corrected chi connectivity index (χ0v) is 20.3. The summed E-state index contributed by atoms with van der Waals surface area (Å²) in [7, 11) is 0. The van der Waals surface area contributed by atoms with Gasteiger partial charge in [-0.25, -0.2) is 0 Å². The van der Waals surface area contributed by atoms with E-state index in [2.05, 4.69) is 24.1 Å². The average molecular weight is 474 g/mol. The van der Waals surface area contributed by atoms with Crippen LogP contribution < -0.4 is 10.2 Å². The molecule has 1 aromatic rings. The van der Waals surface area contributed by atoms with Gasteiger partial charge < -0.3 is 29.7 Å². The van der Waals surface area contributed by atoms with Gasteiger partial charge in [0.05, 0.1) is 37.2 Å². The normalized spacial score (nSPS) is 30.3. The van der Waals surface area contributed by atoms with E-state index in [1.165, 1.54) is 4.90 Å².